The molecule has 0 saturated carbocycles. The van der Waals surface area contributed by atoms with E-state index < -0.39 is 10.4 Å². The summed E-state index contributed by atoms with van der Waals surface area (Å²) >= 11 is 0. The Morgan fingerprint density at radius 3 is 2.00 bits per heavy atom. The molecule has 0 aliphatic carbocycles. The maximum atomic E-state index is 10.2. The molecule has 0 bridgehead atoms. The minimum atomic E-state index is -4.47. The van der Waals surface area contributed by atoms with Crippen molar-refractivity contribution in [3.63, 3.8) is 0 Å². The highest BCUT2D eigenvalue weighted by molar-refractivity contribution is 7.81. The van der Waals surface area contributed by atoms with Crippen LogP contribution in [0.2, 0.25) is 0 Å². The van der Waals surface area contributed by atoms with Crippen LogP contribution in [0.5, 0.6) is 11.5 Å². The Bertz CT molecular complexity index is 434. The fraction of sp³-hybridized carbons (Fsp3) is 0.125. The van der Waals surface area contributed by atoms with Crippen LogP contribution in [0, 0.1) is 0 Å². The van der Waals surface area contributed by atoms with Gasteiger partial charge in [0, 0.05) is 6.92 Å². The average molecular weight is 249 g/mol. The minimum absolute atomic E-state index is 0.0160. The topological polar surface area (TPSA) is 127 Å². The maximum absolute atomic E-state index is 10.2. The van der Waals surface area contributed by atoms with Crippen LogP contribution in [0.1, 0.15) is 6.92 Å². The summed E-state index contributed by atoms with van der Waals surface area (Å²) in [4.78, 5) is 9.22. The molecule has 1 rings (SSSR count). The van der Waals surface area contributed by atoms with Gasteiger partial charge in [-0.05, 0) is 24.3 Å². The molecule has 0 aliphatic rings. The second-order valence-corrected chi connectivity index (χ2v) is 3.64. The van der Waals surface area contributed by atoms with Crippen molar-refractivity contribution in [2.75, 3.05) is 0 Å². The van der Waals surface area contributed by atoms with E-state index in [-0.39, 0.29) is 17.4 Å². The highest BCUT2D eigenvalue weighted by Gasteiger charge is 2.05. The zero-order valence-electron chi connectivity index (χ0n) is 8.32. The number of phenolic OH excluding ortho intramolecular Hbond substituents is 1. The van der Waals surface area contributed by atoms with Crippen LogP contribution in [-0.2, 0) is 15.2 Å². The molecule has 0 fully saturated rings. The Morgan fingerprint density at radius 1 is 1.31 bits per heavy atom. The number of aromatic hydroxyl groups is 1. The fourth-order valence-corrected chi connectivity index (χ4v) is 0.978. The summed E-state index contributed by atoms with van der Waals surface area (Å²) in [5, 5.41) is 8.79. The minimum Gasteiger partial charge on any atom is -0.508 e. The van der Waals surface area contributed by atoms with Crippen LogP contribution < -0.4 is 9.92 Å². The van der Waals surface area contributed by atoms with E-state index in [9.17, 15) is 13.2 Å². The fourth-order valence-electron chi connectivity index (χ4n) is 0.623. The monoisotopic (exact) mass is 249 g/mol. The maximum Gasteiger partial charge on any atom is 0.446 e. The normalized spacial score (nSPS) is 9.88. The second kappa shape index (κ2) is 5.93. The lowest BCUT2D eigenvalue weighted by Gasteiger charge is -1.99. The summed E-state index contributed by atoms with van der Waals surface area (Å²) in [5.74, 6) is -0.409. The van der Waals surface area contributed by atoms with E-state index in [1.807, 2.05) is 0 Å². The predicted molar refractivity (Wildman–Crippen MR) is 55.2 cm³/mol. The Kier molecular flexibility index (Phi) is 5.26. The Morgan fingerprint density at radius 2 is 1.69 bits per heavy atom. The first-order valence-electron chi connectivity index (χ1n) is 3.92. The van der Waals surface area contributed by atoms with Crippen molar-refractivity contribution in [3.05, 3.63) is 24.3 Å². The molecule has 0 saturated heterocycles. The van der Waals surface area contributed by atoms with E-state index in [1.54, 1.807) is 0 Å². The third-order valence-electron chi connectivity index (χ3n) is 1.04. The second-order valence-electron chi connectivity index (χ2n) is 2.62. The number of amides is 1. The van der Waals surface area contributed by atoms with Crippen molar-refractivity contribution >= 4 is 16.3 Å². The molecule has 0 atom stereocenters. The van der Waals surface area contributed by atoms with Crippen molar-refractivity contribution in [1.82, 2.24) is 0 Å². The highest BCUT2D eigenvalue weighted by Crippen LogP contribution is 2.16. The zero-order chi connectivity index (χ0) is 12.8. The van der Waals surface area contributed by atoms with Gasteiger partial charge in [0.15, 0.2) is 0 Å². The number of rotatable bonds is 2. The lowest BCUT2D eigenvalue weighted by Crippen LogP contribution is -2.06. The van der Waals surface area contributed by atoms with Crippen molar-refractivity contribution in [2.45, 2.75) is 6.92 Å². The molecule has 0 aromatic heterocycles. The third-order valence-corrected chi connectivity index (χ3v) is 1.44. The van der Waals surface area contributed by atoms with Crippen LogP contribution in [0.4, 0.5) is 0 Å². The molecule has 90 valence electrons. The summed E-state index contributed by atoms with van der Waals surface area (Å²) in [6.07, 6.45) is 0. The molecule has 4 N–H and O–H groups in total. The summed E-state index contributed by atoms with van der Waals surface area (Å²) in [5.41, 5.74) is 4.47. The summed E-state index contributed by atoms with van der Waals surface area (Å²) in [6, 6.07) is 4.90. The van der Waals surface area contributed by atoms with Gasteiger partial charge in [0.25, 0.3) is 0 Å². The van der Waals surface area contributed by atoms with E-state index in [0.29, 0.717) is 0 Å². The molecule has 7 nitrogen and oxygen atoms in total. The first kappa shape index (κ1) is 14.2. The number of hydrogen-bond acceptors (Lipinski definition) is 5. The largest absolute Gasteiger partial charge is 0.508 e. The Hall–Kier alpha value is -1.80. The summed E-state index contributed by atoms with van der Waals surface area (Å²) in [6.45, 7) is 1.31. The molecular weight excluding hydrogens is 238 g/mol. The molecule has 0 heterocycles. The van der Waals surface area contributed by atoms with E-state index in [2.05, 4.69) is 9.92 Å². The van der Waals surface area contributed by atoms with E-state index in [0.717, 1.165) is 0 Å². The first-order valence-corrected chi connectivity index (χ1v) is 5.29. The lowest BCUT2D eigenvalue weighted by molar-refractivity contribution is -0.115. The van der Waals surface area contributed by atoms with Gasteiger partial charge in [-0.1, -0.05) is 0 Å². The number of carbonyl (C=O) groups is 1. The third kappa shape index (κ3) is 8.78. The SMILES string of the molecule is CC(N)=O.O=S(=O)(O)Oc1ccc(O)cc1. The van der Waals surface area contributed by atoms with Gasteiger partial charge in [-0.25, -0.2) is 0 Å². The van der Waals surface area contributed by atoms with E-state index >= 15 is 0 Å². The van der Waals surface area contributed by atoms with Crippen LogP contribution >= 0.6 is 0 Å². The van der Waals surface area contributed by atoms with Crippen molar-refractivity contribution in [2.24, 2.45) is 5.73 Å². The van der Waals surface area contributed by atoms with E-state index in [1.165, 1.54) is 31.2 Å². The van der Waals surface area contributed by atoms with Gasteiger partial charge < -0.3 is 15.0 Å². The van der Waals surface area contributed by atoms with Crippen molar-refractivity contribution in [1.29, 1.82) is 0 Å². The van der Waals surface area contributed by atoms with Crippen molar-refractivity contribution in [3.8, 4) is 11.5 Å². The van der Waals surface area contributed by atoms with Gasteiger partial charge >= 0.3 is 10.4 Å². The summed E-state index contributed by atoms with van der Waals surface area (Å²) in [7, 11) is -4.47. The van der Waals surface area contributed by atoms with Crippen LogP contribution in [0.15, 0.2) is 24.3 Å². The number of hydrogen-bond donors (Lipinski definition) is 3. The molecule has 0 radical (unpaired) electrons. The van der Waals surface area contributed by atoms with Crippen molar-refractivity contribution < 1.29 is 27.1 Å². The quantitative estimate of drug-likeness (QED) is 0.636. The molecule has 1 aromatic rings. The standard InChI is InChI=1S/C6H6O5S.C2H5NO/c7-5-1-3-6(4-2-5)11-12(8,9)10;1-2(3)4/h1-4,7H,(H,8,9,10);1H3,(H2,3,4). The van der Waals surface area contributed by atoms with Gasteiger partial charge in [-0.15, -0.1) is 0 Å². The lowest BCUT2D eigenvalue weighted by atomic mass is 10.3. The summed E-state index contributed by atoms with van der Waals surface area (Å²) < 4.78 is 32.6. The number of nitrogens with two attached hydrogens (primary N) is 1. The number of primary amides is 1. The molecule has 0 unspecified atom stereocenters. The highest BCUT2D eigenvalue weighted by atomic mass is 32.3. The molecule has 8 heteroatoms. The first-order chi connectivity index (χ1) is 7.20. The number of carbonyl (C=O) groups excluding carboxylic acids is 1. The molecular formula is C8H11NO6S. The predicted octanol–water partition coefficient (Wildman–Crippen LogP) is 0.0654. The van der Waals surface area contributed by atoms with E-state index in [4.69, 9.17) is 9.66 Å². The van der Waals surface area contributed by atoms with Gasteiger partial charge in [-0.2, -0.15) is 8.42 Å². The van der Waals surface area contributed by atoms with Gasteiger partial charge in [-0.3, -0.25) is 9.35 Å². The molecule has 0 aliphatic heterocycles. The Balaban J connectivity index is 0.000000487. The van der Waals surface area contributed by atoms with Gasteiger partial charge in [0.2, 0.25) is 5.91 Å². The molecule has 1 amide bonds. The molecule has 1 aromatic carbocycles. The zero-order valence-corrected chi connectivity index (χ0v) is 9.14. The molecule has 0 spiro atoms. The van der Waals surface area contributed by atoms with Crippen LogP contribution in [0.3, 0.4) is 0 Å². The van der Waals surface area contributed by atoms with Gasteiger partial charge in [0.05, 0.1) is 0 Å². The van der Waals surface area contributed by atoms with Gasteiger partial charge in [0.1, 0.15) is 11.5 Å². The smallest absolute Gasteiger partial charge is 0.446 e. The number of phenols is 1. The number of benzene rings is 1. The molecule has 16 heavy (non-hydrogen) atoms. The Labute approximate surface area is 92.4 Å². The average Bonchev–Trinajstić information content (AvgIpc) is 2.05. The van der Waals surface area contributed by atoms with Crippen LogP contribution in [-0.4, -0.2) is 24.0 Å². The van der Waals surface area contributed by atoms with Crippen LogP contribution in [0.25, 0.3) is 0 Å².